The molecule has 22 heavy (non-hydrogen) atoms. The second kappa shape index (κ2) is 6.91. The number of nitrogens with zero attached hydrogens (tertiary/aromatic N) is 1. The van der Waals surface area contributed by atoms with E-state index in [4.69, 9.17) is 19.6 Å². The fraction of sp³-hybridized carbons (Fsp3) is 0.357. The zero-order valence-electron chi connectivity index (χ0n) is 11.9. The highest BCUT2D eigenvalue weighted by Crippen LogP contribution is 2.26. The molecule has 0 spiro atoms. The molecule has 0 unspecified atom stereocenters. The molecule has 7 nitrogen and oxygen atoms in total. The quantitative estimate of drug-likeness (QED) is 0.828. The summed E-state index contributed by atoms with van der Waals surface area (Å²) in [5.74, 6) is 0.814. The molecule has 0 aliphatic carbocycles. The normalized spacial score (nSPS) is 20.9. The molecule has 2 saturated heterocycles. The van der Waals surface area contributed by atoms with Gasteiger partial charge in [0.15, 0.2) is 0 Å². The van der Waals surface area contributed by atoms with Gasteiger partial charge in [0.05, 0.1) is 12.0 Å². The molecule has 0 radical (unpaired) electrons. The number of primary amides is 1. The number of nitrogens with two attached hydrogens (primary N) is 1. The fourth-order valence-corrected chi connectivity index (χ4v) is 2.75. The summed E-state index contributed by atoms with van der Waals surface area (Å²) in [4.78, 5) is 17.7. The van der Waals surface area contributed by atoms with Gasteiger partial charge in [0.1, 0.15) is 11.9 Å². The van der Waals surface area contributed by atoms with Crippen molar-refractivity contribution in [2.24, 2.45) is 5.73 Å². The van der Waals surface area contributed by atoms with E-state index in [1.807, 2.05) is 30.3 Å². The molecule has 2 aliphatic heterocycles. The Bertz CT molecular complexity index is 548. The van der Waals surface area contributed by atoms with Crippen LogP contribution in [0.4, 0.5) is 4.79 Å². The summed E-state index contributed by atoms with van der Waals surface area (Å²) < 4.78 is 10.7. The Morgan fingerprint density at radius 3 is 2.68 bits per heavy atom. The van der Waals surface area contributed by atoms with Gasteiger partial charge in [0.25, 0.3) is 0 Å². The first kappa shape index (κ1) is 15.0. The maximum atomic E-state index is 11.1. The highest BCUT2D eigenvalue weighted by Gasteiger charge is 2.22. The van der Waals surface area contributed by atoms with Crippen molar-refractivity contribution in [2.75, 3.05) is 13.1 Å². The number of hydrogen-bond donors (Lipinski definition) is 2. The lowest BCUT2D eigenvalue weighted by Gasteiger charge is -2.31. The standard InChI is InChI=1S/C14H17N3O4S/c15-14(18)17-7-5-12(6-8-17)19-11-3-1-10(2-4-11)9-13-20-16-21-22-13/h1-4,9,12,16H,5-8H2,(H2,15,18)/b13-9-. The van der Waals surface area contributed by atoms with Gasteiger partial charge in [-0.2, -0.15) is 4.28 Å². The molecule has 1 aromatic carbocycles. The summed E-state index contributed by atoms with van der Waals surface area (Å²) >= 11 is 1.13. The third kappa shape index (κ3) is 3.85. The van der Waals surface area contributed by atoms with Crippen LogP contribution in [-0.2, 0) is 9.12 Å². The van der Waals surface area contributed by atoms with Crippen LogP contribution in [0.15, 0.2) is 29.4 Å². The Morgan fingerprint density at radius 2 is 2.09 bits per heavy atom. The number of piperidine rings is 1. The summed E-state index contributed by atoms with van der Waals surface area (Å²) in [5, 5.41) is 0.646. The number of urea groups is 1. The van der Waals surface area contributed by atoms with E-state index < -0.39 is 0 Å². The molecule has 0 atom stereocenters. The van der Waals surface area contributed by atoms with Gasteiger partial charge < -0.3 is 20.2 Å². The number of ether oxygens (including phenoxy) is 1. The van der Waals surface area contributed by atoms with E-state index in [0.29, 0.717) is 18.2 Å². The van der Waals surface area contributed by atoms with Crippen molar-refractivity contribution in [3.63, 3.8) is 0 Å². The lowest BCUT2D eigenvalue weighted by Crippen LogP contribution is -2.44. The van der Waals surface area contributed by atoms with E-state index in [1.54, 1.807) is 4.90 Å². The van der Waals surface area contributed by atoms with Crippen LogP contribution in [0, 0.1) is 0 Å². The molecule has 8 heteroatoms. The van der Waals surface area contributed by atoms with E-state index in [2.05, 4.69) is 5.64 Å². The van der Waals surface area contributed by atoms with Crippen molar-refractivity contribution in [3.8, 4) is 5.75 Å². The number of rotatable bonds is 3. The first-order valence-corrected chi connectivity index (χ1v) is 7.73. The molecule has 0 bridgehead atoms. The van der Waals surface area contributed by atoms with Crippen LogP contribution in [-0.4, -0.2) is 30.1 Å². The average molecular weight is 323 g/mol. The van der Waals surface area contributed by atoms with Gasteiger partial charge in [-0.1, -0.05) is 12.1 Å². The Morgan fingerprint density at radius 1 is 1.36 bits per heavy atom. The number of nitrogens with one attached hydrogen (secondary N) is 1. The largest absolute Gasteiger partial charge is 0.490 e. The number of likely N-dealkylation sites (tertiary alicyclic amines) is 1. The number of hydrogen-bond acceptors (Lipinski definition) is 6. The minimum absolute atomic E-state index is 0.117. The molecule has 118 valence electrons. The number of benzene rings is 1. The second-order valence-corrected chi connectivity index (χ2v) is 5.76. The Balaban J connectivity index is 1.53. The SMILES string of the molecule is NC(=O)N1CCC(Oc2ccc(/C=C3/ONOS3)cc2)CC1. The summed E-state index contributed by atoms with van der Waals surface area (Å²) in [6.45, 7) is 1.29. The van der Waals surface area contributed by atoms with Gasteiger partial charge in [0.2, 0.25) is 5.09 Å². The monoisotopic (exact) mass is 323 g/mol. The van der Waals surface area contributed by atoms with Gasteiger partial charge in [0, 0.05) is 25.9 Å². The van der Waals surface area contributed by atoms with Crippen molar-refractivity contribution in [2.45, 2.75) is 18.9 Å². The predicted molar refractivity (Wildman–Crippen MR) is 82.1 cm³/mol. The molecule has 0 aromatic heterocycles. The van der Waals surface area contributed by atoms with E-state index >= 15 is 0 Å². The van der Waals surface area contributed by atoms with Crippen molar-refractivity contribution in [3.05, 3.63) is 34.9 Å². The third-order valence-electron chi connectivity index (χ3n) is 3.52. The maximum absolute atomic E-state index is 11.1. The van der Waals surface area contributed by atoms with Crippen LogP contribution >= 0.6 is 12.0 Å². The summed E-state index contributed by atoms with van der Waals surface area (Å²) in [6, 6.07) is 7.37. The van der Waals surface area contributed by atoms with Crippen molar-refractivity contribution < 1.29 is 18.7 Å². The molecule has 2 heterocycles. The van der Waals surface area contributed by atoms with Crippen LogP contribution in [0.2, 0.25) is 0 Å². The van der Waals surface area contributed by atoms with Gasteiger partial charge in [-0.25, -0.2) is 4.79 Å². The molecule has 2 aliphatic rings. The first-order chi connectivity index (χ1) is 10.7. The van der Waals surface area contributed by atoms with Gasteiger partial charge >= 0.3 is 6.03 Å². The predicted octanol–water partition coefficient (Wildman–Crippen LogP) is 2.02. The van der Waals surface area contributed by atoms with Gasteiger partial charge in [-0.15, -0.1) is 0 Å². The van der Waals surface area contributed by atoms with Crippen LogP contribution in [0.1, 0.15) is 18.4 Å². The van der Waals surface area contributed by atoms with Crippen LogP contribution in [0.3, 0.4) is 0 Å². The molecule has 1 aromatic rings. The molecular weight excluding hydrogens is 306 g/mol. The van der Waals surface area contributed by atoms with E-state index in [-0.39, 0.29) is 12.1 Å². The molecular formula is C14H17N3O4S. The highest BCUT2D eigenvalue weighted by molar-refractivity contribution is 7.98. The van der Waals surface area contributed by atoms with Crippen molar-refractivity contribution >= 4 is 24.1 Å². The van der Waals surface area contributed by atoms with E-state index in [1.165, 1.54) is 0 Å². The Labute approximate surface area is 132 Å². The number of carbonyl (C=O) groups is 1. The summed E-state index contributed by atoms with van der Waals surface area (Å²) in [7, 11) is 0. The minimum atomic E-state index is -0.360. The van der Waals surface area contributed by atoms with Crippen molar-refractivity contribution in [1.82, 2.24) is 10.5 Å². The molecule has 2 fully saturated rings. The maximum Gasteiger partial charge on any atom is 0.314 e. The second-order valence-electron chi connectivity index (χ2n) is 5.03. The molecule has 3 N–H and O–H groups in total. The summed E-state index contributed by atoms with van der Waals surface area (Å²) in [6.07, 6.45) is 3.57. The van der Waals surface area contributed by atoms with Crippen molar-refractivity contribution in [1.29, 1.82) is 0 Å². The average Bonchev–Trinajstić information content (AvgIpc) is 3.03. The van der Waals surface area contributed by atoms with E-state index in [0.717, 1.165) is 36.2 Å². The number of amides is 2. The fourth-order valence-electron chi connectivity index (χ4n) is 2.35. The minimum Gasteiger partial charge on any atom is -0.490 e. The lowest BCUT2D eigenvalue weighted by atomic mass is 10.1. The van der Waals surface area contributed by atoms with Crippen LogP contribution in [0.5, 0.6) is 5.75 Å². The Hall–Kier alpha value is -1.90. The van der Waals surface area contributed by atoms with Gasteiger partial charge in [-0.3, -0.25) is 0 Å². The number of carbonyl (C=O) groups excluding carboxylic acids is 1. The van der Waals surface area contributed by atoms with Gasteiger partial charge in [-0.05, 0) is 29.4 Å². The van der Waals surface area contributed by atoms with Crippen LogP contribution in [0.25, 0.3) is 6.08 Å². The Kier molecular flexibility index (Phi) is 4.71. The molecule has 3 rings (SSSR count). The highest BCUT2D eigenvalue weighted by atomic mass is 32.2. The zero-order valence-corrected chi connectivity index (χ0v) is 12.7. The summed E-state index contributed by atoms with van der Waals surface area (Å²) in [5.41, 5.74) is 8.56. The topological polar surface area (TPSA) is 86.1 Å². The van der Waals surface area contributed by atoms with E-state index in [9.17, 15) is 4.79 Å². The third-order valence-corrected chi connectivity index (χ3v) is 4.04. The lowest BCUT2D eigenvalue weighted by molar-refractivity contribution is -0.0168. The zero-order chi connectivity index (χ0) is 15.4. The molecule has 0 saturated carbocycles. The van der Waals surface area contributed by atoms with Crippen LogP contribution < -0.4 is 16.1 Å². The smallest absolute Gasteiger partial charge is 0.314 e. The first-order valence-electron chi connectivity index (χ1n) is 6.99. The molecule has 2 amide bonds.